The smallest absolute Gasteiger partial charge is 0.335 e. The number of hydrogen-bond donors (Lipinski definition) is 6. The molecule has 0 aliphatic rings. The monoisotopic (exact) mass is 563 g/mol. The molecule has 1 atom stereocenters. The first-order valence-corrected chi connectivity index (χ1v) is 12.0. The first kappa shape index (κ1) is 29.4. The molecule has 0 bridgehead atoms. The average molecular weight is 564 g/mol. The number of rotatable bonds is 11. The van der Waals surface area contributed by atoms with Gasteiger partial charge in [-0.2, -0.15) is 5.10 Å². The zero-order valence-corrected chi connectivity index (χ0v) is 21.7. The van der Waals surface area contributed by atoms with Gasteiger partial charge in [0.2, 0.25) is 17.7 Å². The molecular weight excluding hydrogens is 538 g/mol. The van der Waals surface area contributed by atoms with E-state index >= 15 is 0 Å². The maximum atomic E-state index is 13.2. The van der Waals surface area contributed by atoms with Crippen LogP contribution in [0.2, 0.25) is 5.02 Å². The SMILES string of the molecule is N/N=C\N(N)c1ccc(Cl)cc1/C=C/C(=O)N[C@@H](Cc1cccc(C(N)=O)c1)C(=O)Nc1ccc(C(=O)O)cc1. The van der Waals surface area contributed by atoms with Crippen molar-refractivity contribution >= 4 is 59.1 Å². The summed E-state index contributed by atoms with van der Waals surface area (Å²) in [4.78, 5) is 48.8. The van der Waals surface area contributed by atoms with Gasteiger partial charge in [0.05, 0.1) is 11.3 Å². The Morgan fingerprint density at radius 2 is 1.75 bits per heavy atom. The number of carbonyl (C=O) groups is 4. The lowest BCUT2D eigenvalue weighted by Gasteiger charge is -2.19. The fourth-order valence-electron chi connectivity index (χ4n) is 3.64. The fraction of sp³-hybridized carbons (Fsp3) is 0.0741. The molecule has 3 aromatic rings. The number of hydrogen-bond acceptors (Lipinski definition) is 7. The van der Waals surface area contributed by atoms with Gasteiger partial charge in [0.25, 0.3) is 0 Å². The van der Waals surface area contributed by atoms with Crippen molar-refractivity contribution in [3.8, 4) is 0 Å². The molecule has 40 heavy (non-hydrogen) atoms. The van der Waals surface area contributed by atoms with E-state index in [1.54, 1.807) is 30.3 Å². The maximum Gasteiger partial charge on any atom is 0.335 e. The minimum absolute atomic E-state index is 0.0195. The second kappa shape index (κ2) is 13.6. The van der Waals surface area contributed by atoms with Crippen LogP contribution in [-0.2, 0) is 16.0 Å². The van der Waals surface area contributed by atoms with E-state index < -0.39 is 29.7 Å². The molecule has 3 amide bonds. The van der Waals surface area contributed by atoms with Crippen LogP contribution in [-0.4, -0.2) is 41.2 Å². The van der Waals surface area contributed by atoms with Gasteiger partial charge in [-0.15, -0.1) is 0 Å². The lowest BCUT2D eigenvalue weighted by Crippen LogP contribution is -2.44. The molecule has 0 saturated heterocycles. The molecule has 0 fully saturated rings. The standard InChI is InChI=1S/C27H26ClN7O5/c28-20-7-10-23(35(31)15-32-30)18(14-20)6-11-24(36)34-22(13-16-2-1-3-19(12-16)25(29)37)26(38)33-21-8-4-17(5-9-21)27(39)40/h1-12,14-15,22H,13,30-31H2,(H2,29,37)(H,33,38)(H,34,36)(H,39,40)/b11-6+,32-15-/t22-/m0/s1. The number of primary amides is 1. The van der Waals surface area contributed by atoms with Crippen LogP contribution >= 0.6 is 11.6 Å². The van der Waals surface area contributed by atoms with Gasteiger partial charge in [-0.05, 0) is 66.2 Å². The molecule has 0 aromatic heterocycles. The Kier molecular flexibility index (Phi) is 9.95. The van der Waals surface area contributed by atoms with Crippen LogP contribution in [0, 0.1) is 0 Å². The van der Waals surface area contributed by atoms with E-state index in [0.29, 0.717) is 27.5 Å². The largest absolute Gasteiger partial charge is 0.478 e. The van der Waals surface area contributed by atoms with E-state index in [9.17, 15) is 19.2 Å². The van der Waals surface area contributed by atoms with Crippen LogP contribution < -0.4 is 33.1 Å². The molecule has 0 spiro atoms. The summed E-state index contributed by atoms with van der Waals surface area (Å²) in [5.74, 6) is 8.13. The van der Waals surface area contributed by atoms with Crippen molar-refractivity contribution in [2.75, 3.05) is 10.3 Å². The normalized spacial score (nSPS) is 11.8. The number of amides is 3. The molecule has 12 nitrogen and oxygen atoms in total. The van der Waals surface area contributed by atoms with Crippen LogP contribution in [0.5, 0.6) is 0 Å². The van der Waals surface area contributed by atoms with Crippen molar-refractivity contribution in [1.29, 1.82) is 0 Å². The van der Waals surface area contributed by atoms with Crippen molar-refractivity contribution in [3.63, 3.8) is 0 Å². The van der Waals surface area contributed by atoms with E-state index in [0.717, 1.165) is 5.01 Å². The number of carbonyl (C=O) groups excluding carboxylic acids is 3. The average Bonchev–Trinajstić information content (AvgIpc) is 2.92. The predicted octanol–water partition coefficient (Wildman–Crippen LogP) is 2.10. The molecule has 0 heterocycles. The highest BCUT2D eigenvalue weighted by Gasteiger charge is 2.21. The second-order valence-corrected chi connectivity index (χ2v) is 8.85. The molecule has 0 radical (unpaired) electrons. The molecule has 0 aliphatic carbocycles. The Morgan fingerprint density at radius 1 is 1.02 bits per heavy atom. The summed E-state index contributed by atoms with van der Waals surface area (Å²) in [6.07, 6.45) is 3.84. The third-order valence-corrected chi connectivity index (χ3v) is 5.79. The predicted molar refractivity (Wildman–Crippen MR) is 152 cm³/mol. The lowest BCUT2D eigenvalue weighted by atomic mass is 10.0. The Hall–Kier alpha value is -5.20. The van der Waals surface area contributed by atoms with Gasteiger partial charge < -0.3 is 27.3 Å². The van der Waals surface area contributed by atoms with Crippen LogP contribution in [0.25, 0.3) is 6.08 Å². The van der Waals surface area contributed by atoms with Crippen molar-refractivity contribution in [2.24, 2.45) is 22.5 Å². The molecular formula is C27H26ClN7O5. The number of nitrogens with two attached hydrogens (primary N) is 3. The Balaban J connectivity index is 1.85. The van der Waals surface area contributed by atoms with Gasteiger partial charge in [-0.3, -0.25) is 19.4 Å². The maximum absolute atomic E-state index is 13.2. The first-order chi connectivity index (χ1) is 19.1. The summed E-state index contributed by atoms with van der Waals surface area (Å²) in [6, 6.07) is 15.6. The van der Waals surface area contributed by atoms with E-state index in [1.165, 1.54) is 54.9 Å². The molecule has 13 heteroatoms. The minimum Gasteiger partial charge on any atom is -0.478 e. The number of nitrogens with zero attached hydrogens (tertiary/aromatic N) is 2. The summed E-state index contributed by atoms with van der Waals surface area (Å²) in [5.41, 5.74) is 7.47. The third kappa shape index (κ3) is 8.15. The number of nitrogens with one attached hydrogen (secondary N) is 2. The zero-order chi connectivity index (χ0) is 29.2. The van der Waals surface area contributed by atoms with Gasteiger partial charge in [0, 0.05) is 34.3 Å². The number of carboxylic acids is 1. The number of halogens is 1. The number of anilines is 2. The zero-order valence-electron chi connectivity index (χ0n) is 21.0. The minimum atomic E-state index is -1.11. The van der Waals surface area contributed by atoms with Crippen molar-refractivity contribution in [2.45, 2.75) is 12.5 Å². The van der Waals surface area contributed by atoms with Crippen molar-refractivity contribution < 1.29 is 24.3 Å². The highest BCUT2D eigenvalue weighted by Crippen LogP contribution is 2.23. The molecule has 0 saturated carbocycles. The lowest BCUT2D eigenvalue weighted by molar-refractivity contribution is -0.123. The van der Waals surface area contributed by atoms with E-state index in [-0.39, 0.29) is 17.5 Å². The third-order valence-electron chi connectivity index (χ3n) is 5.56. The number of benzene rings is 3. The summed E-state index contributed by atoms with van der Waals surface area (Å²) < 4.78 is 0. The highest BCUT2D eigenvalue weighted by molar-refractivity contribution is 6.30. The van der Waals surface area contributed by atoms with Crippen LogP contribution in [0.3, 0.4) is 0 Å². The topological polar surface area (TPSA) is 206 Å². The quantitative estimate of drug-likeness (QED) is 0.0667. The molecule has 0 aliphatic heterocycles. The van der Waals surface area contributed by atoms with Crippen LogP contribution in [0.4, 0.5) is 11.4 Å². The first-order valence-electron chi connectivity index (χ1n) is 11.7. The molecule has 3 rings (SSSR count). The summed E-state index contributed by atoms with van der Waals surface area (Å²) in [6.45, 7) is 0. The summed E-state index contributed by atoms with van der Waals surface area (Å²) >= 11 is 6.10. The number of aromatic carboxylic acids is 1. The second-order valence-electron chi connectivity index (χ2n) is 8.41. The Bertz CT molecular complexity index is 1470. The summed E-state index contributed by atoms with van der Waals surface area (Å²) in [7, 11) is 0. The molecule has 0 unspecified atom stereocenters. The highest BCUT2D eigenvalue weighted by atomic mass is 35.5. The van der Waals surface area contributed by atoms with Gasteiger partial charge in [-0.1, -0.05) is 23.7 Å². The van der Waals surface area contributed by atoms with Crippen molar-refractivity contribution in [3.05, 3.63) is 100 Å². The Labute approximate surface area is 234 Å². The van der Waals surface area contributed by atoms with E-state index in [4.69, 9.17) is 34.1 Å². The Morgan fingerprint density at radius 3 is 2.40 bits per heavy atom. The molecule has 9 N–H and O–H groups in total. The summed E-state index contributed by atoms with van der Waals surface area (Å²) in [5, 5.41) is 19.3. The van der Waals surface area contributed by atoms with Gasteiger partial charge in [0.15, 0.2) is 0 Å². The molecule has 206 valence electrons. The van der Waals surface area contributed by atoms with Crippen LogP contribution in [0.1, 0.15) is 31.8 Å². The van der Waals surface area contributed by atoms with Gasteiger partial charge in [-0.25, -0.2) is 10.6 Å². The van der Waals surface area contributed by atoms with E-state index in [1.807, 2.05) is 0 Å². The molecule has 3 aromatic carbocycles. The van der Waals surface area contributed by atoms with Crippen molar-refractivity contribution in [1.82, 2.24) is 5.32 Å². The number of carboxylic acid groups (broad SMARTS) is 1. The van der Waals surface area contributed by atoms with Crippen LogP contribution in [0.15, 0.2) is 77.9 Å². The fourth-order valence-corrected chi connectivity index (χ4v) is 3.82. The van der Waals surface area contributed by atoms with Gasteiger partial charge >= 0.3 is 5.97 Å². The van der Waals surface area contributed by atoms with Gasteiger partial charge in [0.1, 0.15) is 12.4 Å². The number of hydrazone groups is 1. The number of hydrazine groups is 1. The van der Waals surface area contributed by atoms with E-state index in [2.05, 4.69) is 15.7 Å².